The van der Waals surface area contributed by atoms with Gasteiger partial charge in [0, 0.05) is 34.6 Å². The van der Waals surface area contributed by atoms with Crippen LogP contribution < -0.4 is 0 Å². The minimum Gasteiger partial charge on any atom is -0.481 e. The highest BCUT2D eigenvalue weighted by Crippen LogP contribution is 2.32. The number of benzene rings is 2. The lowest BCUT2D eigenvalue weighted by atomic mass is 9.87. The van der Waals surface area contributed by atoms with Gasteiger partial charge in [0.05, 0.1) is 5.41 Å². The minimum atomic E-state index is -0.827. The fourth-order valence-electron chi connectivity index (χ4n) is 3.36. The second-order valence-corrected chi connectivity index (χ2v) is 8.11. The maximum atomic E-state index is 11.7. The molecular weight excluding hydrogens is 346 g/mol. The number of aryl methyl sites for hydroxylation is 2. The van der Waals surface area contributed by atoms with Gasteiger partial charge in [-0.2, -0.15) is 0 Å². The Bertz CT molecular complexity index is 968. The van der Waals surface area contributed by atoms with Gasteiger partial charge < -0.3 is 9.67 Å². The van der Waals surface area contributed by atoms with Crippen molar-refractivity contribution in [2.24, 2.45) is 5.41 Å². The molecule has 1 aromatic heterocycles. The minimum absolute atomic E-state index is 0.482. The summed E-state index contributed by atoms with van der Waals surface area (Å²) in [5.74, 6) is -0.781. The number of carboxylic acid groups (broad SMARTS) is 1. The summed E-state index contributed by atoms with van der Waals surface area (Å²) in [5, 5.41) is 11.5. The molecule has 1 heterocycles. The number of aromatic nitrogens is 1. The molecule has 4 heteroatoms. The van der Waals surface area contributed by atoms with Crippen LogP contribution in [-0.2, 0) is 17.8 Å². The zero-order valence-electron chi connectivity index (χ0n) is 15.6. The topological polar surface area (TPSA) is 42.2 Å². The largest absolute Gasteiger partial charge is 0.481 e. The third-order valence-electron chi connectivity index (χ3n) is 5.05. The zero-order chi connectivity index (χ0) is 19.1. The van der Waals surface area contributed by atoms with Gasteiger partial charge in [-0.25, -0.2) is 0 Å². The quantitative estimate of drug-likeness (QED) is 0.634. The molecule has 0 saturated carbocycles. The SMILES string of the molecule is Cc1ccc2c(c1)c(C)c(CC(C)(C)C(=O)O)n2Cc1ccc(Cl)cc1. The van der Waals surface area contributed by atoms with Gasteiger partial charge in [0.25, 0.3) is 0 Å². The van der Waals surface area contributed by atoms with Crippen molar-refractivity contribution in [2.75, 3.05) is 0 Å². The van der Waals surface area contributed by atoms with Gasteiger partial charge in [0.1, 0.15) is 0 Å². The Hall–Kier alpha value is -2.26. The van der Waals surface area contributed by atoms with Gasteiger partial charge in [0.2, 0.25) is 0 Å². The van der Waals surface area contributed by atoms with Crippen LogP contribution >= 0.6 is 11.6 Å². The summed E-state index contributed by atoms with van der Waals surface area (Å²) in [6.07, 6.45) is 0.482. The molecule has 3 aromatic rings. The first-order valence-corrected chi connectivity index (χ1v) is 9.13. The van der Waals surface area contributed by atoms with E-state index in [0.717, 1.165) is 22.3 Å². The lowest BCUT2D eigenvalue weighted by Crippen LogP contribution is -2.27. The number of carbonyl (C=O) groups is 1. The molecule has 0 aliphatic rings. The molecule has 3 nitrogen and oxygen atoms in total. The van der Waals surface area contributed by atoms with E-state index in [0.29, 0.717) is 18.0 Å². The van der Waals surface area contributed by atoms with Crippen molar-refractivity contribution in [3.05, 3.63) is 69.9 Å². The number of aliphatic carboxylic acids is 1. The lowest BCUT2D eigenvalue weighted by molar-refractivity contribution is -0.146. The van der Waals surface area contributed by atoms with Crippen LogP contribution in [0.1, 0.15) is 36.2 Å². The summed E-state index contributed by atoms with van der Waals surface area (Å²) < 4.78 is 2.25. The van der Waals surface area contributed by atoms with Gasteiger partial charge in [-0.1, -0.05) is 35.4 Å². The molecule has 0 radical (unpaired) electrons. The number of carboxylic acids is 1. The molecule has 1 N–H and O–H groups in total. The summed E-state index contributed by atoms with van der Waals surface area (Å²) in [4.78, 5) is 11.7. The van der Waals surface area contributed by atoms with Crippen molar-refractivity contribution in [3.8, 4) is 0 Å². The molecule has 0 saturated heterocycles. The maximum Gasteiger partial charge on any atom is 0.309 e. The monoisotopic (exact) mass is 369 g/mol. The van der Waals surface area contributed by atoms with Gasteiger partial charge in [-0.15, -0.1) is 0 Å². The van der Waals surface area contributed by atoms with E-state index in [-0.39, 0.29) is 0 Å². The van der Waals surface area contributed by atoms with Crippen LogP contribution in [0.3, 0.4) is 0 Å². The molecule has 0 amide bonds. The van der Waals surface area contributed by atoms with Gasteiger partial charge in [0.15, 0.2) is 0 Å². The molecule has 0 aliphatic heterocycles. The van der Waals surface area contributed by atoms with Crippen LogP contribution in [0, 0.1) is 19.3 Å². The van der Waals surface area contributed by atoms with E-state index in [9.17, 15) is 9.90 Å². The maximum absolute atomic E-state index is 11.7. The summed E-state index contributed by atoms with van der Waals surface area (Å²) >= 11 is 6.01. The normalized spacial score (nSPS) is 11.9. The van der Waals surface area contributed by atoms with E-state index in [1.165, 1.54) is 10.9 Å². The first kappa shape index (κ1) is 18.5. The third kappa shape index (κ3) is 3.49. The Morgan fingerprint density at radius 1 is 1.12 bits per heavy atom. The second kappa shape index (κ2) is 6.81. The summed E-state index contributed by atoms with van der Waals surface area (Å²) in [7, 11) is 0. The van der Waals surface area contributed by atoms with Crippen LogP contribution in [0.5, 0.6) is 0 Å². The smallest absolute Gasteiger partial charge is 0.309 e. The Kier molecular flexibility index (Phi) is 4.85. The molecule has 0 atom stereocenters. The predicted octanol–water partition coefficient (Wildman–Crippen LogP) is 5.61. The number of fused-ring (bicyclic) bond motifs is 1. The van der Waals surface area contributed by atoms with E-state index in [4.69, 9.17) is 11.6 Å². The molecule has 0 aliphatic carbocycles. The molecule has 26 heavy (non-hydrogen) atoms. The molecule has 0 bridgehead atoms. The van der Waals surface area contributed by atoms with Crippen molar-refractivity contribution in [1.29, 1.82) is 0 Å². The van der Waals surface area contributed by atoms with E-state index < -0.39 is 11.4 Å². The van der Waals surface area contributed by atoms with E-state index in [1.807, 2.05) is 24.3 Å². The van der Waals surface area contributed by atoms with Crippen molar-refractivity contribution in [2.45, 2.75) is 40.7 Å². The molecule has 0 unspecified atom stereocenters. The van der Waals surface area contributed by atoms with E-state index in [2.05, 4.69) is 36.6 Å². The number of nitrogens with zero attached hydrogens (tertiary/aromatic N) is 1. The summed E-state index contributed by atoms with van der Waals surface area (Å²) in [6, 6.07) is 14.2. The Labute approximate surface area is 159 Å². The van der Waals surface area contributed by atoms with Crippen molar-refractivity contribution in [3.63, 3.8) is 0 Å². The molecular formula is C22H24ClNO2. The van der Waals surface area contributed by atoms with Gasteiger partial charge in [-0.05, 0) is 63.1 Å². The third-order valence-corrected chi connectivity index (χ3v) is 5.30. The van der Waals surface area contributed by atoms with Crippen molar-refractivity contribution < 1.29 is 9.90 Å². The van der Waals surface area contributed by atoms with Gasteiger partial charge in [-0.3, -0.25) is 4.79 Å². The molecule has 3 rings (SSSR count). The molecule has 0 fully saturated rings. The average molecular weight is 370 g/mol. The van der Waals surface area contributed by atoms with E-state index >= 15 is 0 Å². The van der Waals surface area contributed by atoms with Crippen LogP contribution in [0.25, 0.3) is 10.9 Å². The second-order valence-electron chi connectivity index (χ2n) is 7.67. The highest BCUT2D eigenvalue weighted by molar-refractivity contribution is 6.30. The molecule has 0 spiro atoms. The van der Waals surface area contributed by atoms with Crippen LogP contribution in [-0.4, -0.2) is 15.6 Å². The van der Waals surface area contributed by atoms with Crippen LogP contribution in [0.2, 0.25) is 5.02 Å². The number of rotatable bonds is 5. The van der Waals surface area contributed by atoms with Crippen molar-refractivity contribution >= 4 is 28.5 Å². The standard InChI is InChI=1S/C22H24ClNO2/c1-14-5-10-19-18(11-14)15(2)20(12-22(3,4)21(25)26)24(19)13-16-6-8-17(23)9-7-16/h5-11H,12-13H2,1-4H3,(H,25,26). The average Bonchev–Trinajstić information content (AvgIpc) is 2.81. The fraction of sp³-hybridized carbons (Fsp3) is 0.318. The van der Waals surface area contributed by atoms with Gasteiger partial charge >= 0.3 is 5.97 Å². The number of hydrogen-bond donors (Lipinski definition) is 1. The number of hydrogen-bond acceptors (Lipinski definition) is 1. The summed E-state index contributed by atoms with van der Waals surface area (Å²) in [6.45, 7) is 8.42. The predicted molar refractivity (Wildman–Crippen MR) is 107 cm³/mol. The van der Waals surface area contributed by atoms with Crippen LogP contribution in [0.15, 0.2) is 42.5 Å². The van der Waals surface area contributed by atoms with Crippen LogP contribution in [0.4, 0.5) is 0 Å². The Morgan fingerprint density at radius 2 is 1.77 bits per heavy atom. The van der Waals surface area contributed by atoms with Crippen molar-refractivity contribution in [1.82, 2.24) is 4.57 Å². The Morgan fingerprint density at radius 3 is 2.38 bits per heavy atom. The van der Waals surface area contributed by atoms with E-state index in [1.54, 1.807) is 13.8 Å². The highest BCUT2D eigenvalue weighted by Gasteiger charge is 2.30. The Balaban J connectivity index is 2.16. The zero-order valence-corrected chi connectivity index (χ0v) is 16.4. The number of halogens is 1. The molecule has 2 aromatic carbocycles. The fourth-order valence-corrected chi connectivity index (χ4v) is 3.49. The lowest BCUT2D eigenvalue weighted by Gasteiger charge is -2.21. The highest BCUT2D eigenvalue weighted by atomic mass is 35.5. The first-order valence-electron chi connectivity index (χ1n) is 8.75. The molecule has 136 valence electrons. The summed E-state index contributed by atoms with van der Waals surface area (Å²) in [5.41, 5.74) is 4.89. The first-order chi connectivity index (χ1) is 12.2.